The molecule has 0 amide bonds. The second-order valence-electron chi connectivity index (χ2n) is 9.21. The van der Waals surface area contributed by atoms with E-state index >= 15 is 0 Å². The van der Waals surface area contributed by atoms with Crippen LogP contribution in [0.15, 0.2) is 42.5 Å². The number of hydrogen-bond donors (Lipinski definition) is 0. The van der Waals surface area contributed by atoms with Crippen molar-refractivity contribution in [1.82, 2.24) is 0 Å². The Labute approximate surface area is 173 Å². The average Bonchev–Trinajstić information content (AvgIpc) is 3.23. The van der Waals surface area contributed by atoms with Gasteiger partial charge in [0, 0.05) is 6.42 Å². The molecule has 3 saturated heterocycles. The van der Waals surface area contributed by atoms with Gasteiger partial charge in [-0.25, -0.2) is 0 Å². The van der Waals surface area contributed by atoms with Crippen LogP contribution in [0, 0.1) is 0 Å². The minimum atomic E-state index is -0.797. The molecule has 0 spiro atoms. The summed E-state index contributed by atoms with van der Waals surface area (Å²) in [6.45, 7) is 14.6. The Hall–Kier alpha value is -1.28. The van der Waals surface area contributed by atoms with E-state index in [1.54, 1.807) is 0 Å². The highest BCUT2D eigenvalue weighted by atomic mass is 16.9. The normalized spacial score (nSPS) is 37.6. The van der Waals surface area contributed by atoms with E-state index in [0.717, 1.165) is 11.1 Å². The molecule has 3 heterocycles. The summed E-state index contributed by atoms with van der Waals surface area (Å²) >= 11 is 0. The molecule has 0 radical (unpaired) electrons. The van der Waals surface area contributed by atoms with Crippen molar-refractivity contribution in [3.8, 4) is 0 Å². The Morgan fingerprint density at radius 1 is 1.03 bits per heavy atom. The lowest BCUT2D eigenvalue weighted by Gasteiger charge is -2.40. The Morgan fingerprint density at radius 2 is 1.76 bits per heavy atom. The van der Waals surface area contributed by atoms with Crippen molar-refractivity contribution in [3.63, 3.8) is 0 Å². The number of ether oxygens (including phenoxy) is 6. The molecule has 3 fully saturated rings. The lowest BCUT2D eigenvalue weighted by molar-refractivity contribution is -0.257. The molecule has 4 rings (SSSR count). The Balaban J connectivity index is 1.67. The van der Waals surface area contributed by atoms with E-state index in [-0.39, 0.29) is 6.10 Å². The van der Waals surface area contributed by atoms with E-state index in [9.17, 15) is 0 Å². The fourth-order valence-corrected chi connectivity index (χ4v) is 4.53. The molecule has 160 valence electrons. The SMILES string of the molecule is C=C(C)C[C@@]1(OCc2ccccc2)[C@@H]([C@H]2COC(C)(C)O2)O[C@@H]2OC(C)(C)O[C@@H]21. The summed E-state index contributed by atoms with van der Waals surface area (Å²) in [5, 5.41) is 0. The smallest absolute Gasteiger partial charge is 0.190 e. The van der Waals surface area contributed by atoms with Gasteiger partial charge in [0.25, 0.3) is 0 Å². The lowest BCUT2D eigenvalue weighted by Crippen LogP contribution is -2.56. The van der Waals surface area contributed by atoms with Crippen molar-refractivity contribution in [2.24, 2.45) is 0 Å². The topological polar surface area (TPSA) is 55.4 Å². The zero-order valence-electron chi connectivity index (χ0n) is 18.0. The Kier molecular flexibility index (Phi) is 5.39. The largest absolute Gasteiger partial charge is 0.364 e. The number of fused-ring (bicyclic) bond motifs is 1. The molecular formula is C23H32O6. The number of hydrogen-bond acceptors (Lipinski definition) is 6. The molecule has 0 aliphatic carbocycles. The highest BCUT2D eigenvalue weighted by Crippen LogP contribution is 2.50. The summed E-state index contributed by atoms with van der Waals surface area (Å²) < 4.78 is 37.4. The van der Waals surface area contributed by atoms with Crippen molar-refractivity contribution in [2.45, 2.75) is 89.4 Å². The van der Waals surface area contributed by atoms with Crippen molar-refractivity contribution < 1.29 is 28.4 Å². The first kappa shape index (κ1) is 21.0. The van der Waals surface area contributed by atoms with Crippen LogP contribution in [0.2, 0.25) is 0 Å². The summed E-state index contributed by atoms with van der Waals surface area (Å²) in [7, 11) is 0. The molecule has 6 heteroatoms. The van der Waals surface area contributed by atoms with E-state index < -0.39 is 35.7 Å². The Morgan fingerprint density at radius 3 is 2.38 bits per heavy atom. The zero-order chi connectivity index (χ0) is 20.9. The maximum atomic E-state index is 6.66. The molecule has 5 atom stereocenters. The maximum absolute atomic E-state index is 6.66. The summed E-state index contributed by atoms with van der Waals surface area (Å²) in [5.74, 6) is -1.41. The van der Waals surface area contributed by atoms with E-state index in [1.165, 1.54) is 0 Å². The molecule has 0 aromatic heterocycles. The zero-order valence-corrected chi connectivity index (χ0v) is 18.0. The summed E-state index contributed by atoms with van der Waals surface area (Å²) in [5.41, 5.74) is 1.27. The van der Waals surface area contributed by atoms with Crippen molar-refractivity contribution in [2.75, 3.05) is 6.61 Å². The molecule has 29 heavy (non-hydrogen) atoms. The van der Waals surface area contributed by atoms with Gasteiger partial charge in [-0.2, -0.15) is 0 Å². The van der Waals surface area contributed by atoms with Crippen LogP contribution in [0.5, 0.6) is 0 Å². The van der Waals surface area contributed by atoms with Gasteiger partial charge >= 0.3 is 0 Å². The first-order valence-corrected chi connectivity index (χ1v) is 10.3. The molecule has 0 N–H and O–H groups in total. The third kappa shape index (κ3) is 4.15. The summed E-state index contributed by atoms with van der Waals surface area (Å²) in [4.78, 5) is 0. The second kappa shape index (κ2) is 7.45. The number of benzene rings is 1. The van der Waals surface area contributed by atoms with Gasteiger partial charge in [-0.15, -0.1) is 6.58 Å². The quantitative estimate of drug-likeness (QED) is 0.670. The molecular weight excluding hydrogens is 372 g/mol. The van der Waals surface area contributed by atoms with Gasteiger partial charge in [0.2, 0.25) is 0 Å². The van der Waals surface area contributed by atoms with Gasteiger partial charge in [0.15, 0.2) is 17.9 Å². The second-order valence-corrected chi connectivity index (χ2v) is 9.21. The molecule has 0 unspecified atom stereocenters. The highest BCUT2D eigenvalue weighted by molar-refractivity contribution is 5.17. The van der Waals surface area contributed by atoms with E-state index in [0.29, 0.717) is 19.6 Å². The van der Waals surface area contributed by atoms with E-state index in [1.807, 2.05) is 65.0 Å². The van der Waals surface area contributed by atoms with Crippen molar-refractivity contribution >= 4 is 0 Å². The molecule has 3 aliphatic rings. The lowest BCUT2D eigenvalue weighted by atomic mass is 9.83. The Bertz CT molecular complexity index is 745. The van der Waals surface area contributed by atoms with Gasteiger partial charge in [-0.05, 0) is 40.2 Å². The standard InChI is InChI=1S/C23H32O6/c1-15(2)12-23(25-13-16-10-8-7-9-11-16)18(17-14-24-21(3,4)27-17)26-20-19(23)28-22(5,6)29-20/h7-11,17-20H,1,12-14H2,2-6H3/t17-,18-,19+,20-,23-/m1/s1. The van der Waals surface area contributed by atoms with Gasteiger partial charge in [0.05, 0.1) is 13.2 Å². The third-order valence-corrected chi connectivity index (χ3v) is 5.60. The van der Waals surface area contributed by atoms with Crippen LogP contribution in [0.1, 0.15) is 46.6 Å². The predicted molar refractivity (Wildman–Crippen MR) is 107 cm³/mol. The maximum Gasteiger partial charge on any atom is 0.190 e. The molecule has 0 bridgehead atoms. The average molecular weight is 405 g/mol. The molecule has 3 aliphatic heterocycles. The first-order chi connectivity index (χ1) is 13.6. The van der Waals surface area contributed by atoms with Crippen LogP contribution in [0.25, 0.3) is 0 Å². The van der Waals surface area contributed by atoms with Crippen LogP contribution < -0.4 is 0 Å². The van der Waals surface area contributed by atoms with Gasteiger partial charge < -0.3 is 28.4 Å². The van der Waals surface area contributed by atoms with E-state index in [4.69, 9.17) is 28.4 Å². The monoisotopic (exact) mass is 404 g/mol. The first-order valence-electron chi connectivity index (χ1n) is 10.3. The molecule has 0 saturated carbocycles. The fourth-order valence-electron chi connectivity index (χ4n) is 4.53. The molecule has 6 nitrogen and oxygen atoms in total. The molecule has 1 aromatic rings. The van der Waals surface area contributed by atoms with Crippen LogP contribution in [-0.2, 0) is 35.0 Å². The summed E-state index contributed by atoms with van der Waals surface area (Å²) in [6, 6.07) is 10.1. The summed E-state index contributed by atoms with van der Waals surface area (Å²) in [6.07, 6.45) is -1.05. The van der Waals surface area contributed by atoms with Crippen LogP contribution in [-0.4, -0.2) is 48.4 Å². The van der Waals surface area contributed by atoms with Crippen LogP contribution >= 0.6 is 0 Å². The molecule has 1 aromatic carbocycles. The third-order valence-electron chi connectivity index (χ3n) is 5.60. The van der Waals surface area contributed by atoms with Crippen LogP contribution in [0.4, 0.5) is 0 Å². The van der Waals surface area contributed by atoms with Gasteiger partial charge in [-0.1, -0.05) is 35.9 Å². The highest BCUT2D eigenvalue weighted by Gasteiger charge is 2.67. The minimum Gasteiger partial charge on any atom is -0.364 e. The van der Waals surface area contributed by atoms with Gasteiger partial charge in [0.1, 0.15) is 23.9 Å². The fraction of sp³-hybridized carbons (Fsp3) is 0.652. The number of rotatable bonds is 6. The predicted octanol–water partition coefficient (Wildman–Crippen LogP) is 3.94. The van der Waals surface area contributed by atoms with Crippen molar-refractivity contribution in [1.29, 1.82) is 0 Å². The minimum absolute atomic E-state index is 0.291. The van der Waals surface area contributed by atoms with Crippen LogP contribution in [0.3, 0.4) is 0 Å². The van der Waals surface area contributed by atoms with Gasteiger partial charge in [-0.3, -0.25) is 0 Å². The van der Waals surface area contributed by atoms with E-state index in [2.05, 4.69) is 6.58 Å². The van der Waals surface area contributed by atoms with Crippen molar-refractivity contribution in [3.05, 3.63) is 48.0 Å².